The third-order valence-corrected chi connectivity index (χ3v) is 3.37. The molecule has 0 saturated carbocycles. The van der Waals surface area contributed by atoms with Crippen LogP contribution in [-0.4, -0.2) is 37.1 Å². The summed E-state index contributed by atoms with van der Waals surface area (Å²) in [7, 11) is 0. The van der Waals surface area contributed by atoms with E-state index in [1.165, 1.54) is 4.52 Å². The lowest BCUT2D eigenvalue weighted by Crippen LogP contribution is -2.24. The number of rotatable bonds is 6. The Bertz CT molecular complexity index is 861. The molecule has 8 nitrogen and oxygen atoms in total. The number of aryl methyl sites for hydroxylation is 1. The zero-order valence-electron chi connectivity index (χ0n) is 13.6. The minimum absolute atomic E-state index is 0.0803. The molecular formula is C16H18N6O2. The standard InChI is InChI=1S/C16H18N6O2/c1-3-9-24-15-12(5-4-7-17-15)10-19-14(23)13-20-16-18-8-6-11(2)22(16)21-13/h4-8H,3,9-10H2,1-2H3,(H,19,23). The molecule has 0 aliphatic rings. The number of pyridine rings is 1. The monoisotopic (exact) mass is 326 g/mol. The summed E-state index contributed by atoms with van der Waals surface area (Å²) in [5, 5.41) is 6.97. The number of hydrogen-bond acceptors (Lipinski definition) is 6. The number of amides is 1. The Morgan fingerprint density at radius 3 is 2.96 bits per heavy atom. The number of hydrogen-bond donors (Lipinski definition) is 1. The molecule has 1 N–H and O–H groups in total. The molecule has 0 atom stereocenters. The molecule has 0 bridgehead atoms. The van der Waals surface area contributed by atoms with Gasteiger partial charge in [0.25, 0.3) is 11.7 Å². The number of ether oxygens (including phenoxy) is 1. The average Bonchev–Trinajstić information content (AvgIpc) is 3.04. The minimum atomic E-state index is -0.370. The Morgan fingerprint density at radius 1 is 1.29 bits per heavy atom. The maximum Gasteiger partial charge on any atom is 0.291 e. The molecule has 3 heterocycles. The van der Waals surface area contributed by atoms with Crippen molar-refractivity contribution in [3.63, 3.8) is 0 Å². The van der Waals surface area contributed by atoms with Crippen molar-refractivity contribution >= 4 is 11.7 Å². The summed E-state index contributed by atoms with van der Waals surface area (Å²) in [5.74, 6) is 0.635. The summed E-state index contributed by atoms with van der Waals surface area (Å²) in [6.07, 6.45) is 4.18. The summed E-state index contributed by atoms with van der Waals surface area (Å²) < 4.78 is 7.12. The summed E-state index contributed by atoms with van der Waals surface area (Å²) in [6, 6.07) is 5.47. The van der Waals surface area contributed by atoms with Gasteiger partial charge in [-0.15, -0.1) is 5.10 Å². The fourth-order valence-electron chi connectivity index (χ4n) is 2.14. The van der Waals surface area contributed by atoms with Gasteiger partial charge in [0.2, 0.25) is 11.7 Å². The molecule has 0 unspecified atom stereocenters. The van der Waals surface area contributed by atoms with Crippen LogP contribution in [0.1, 0.15) is 35.2 Å². The molecule has 0 fully saturated rings. The second-order valence-electron chi connectivity index (χ2n) is 5.23. The van der Waals surface area contributed by atoms with Gasteiger partial charge in [-0.25, -0.2) is 14.5 Å². The average molecular weight is 326 g/mol. The minimum Gasteiger partial charge on any atom is -0.477 e. The van der Waals surface area contributed by atoms with Crippen molar-refractivity contribution < 1.29 is 9.53 Å². The van der Waals surface area contributed by atoms with Crippen LogP contribution < -0.4 is 10.1 Å². The van der Waals surface area contributed by atoms with E-state index in [-0.39, 0.29) is 18.3 Å². The third-order valence-electron chi connectivity index (χ3n) is 3.37. The van der Waals surface area contributed by atoms with E-state index in [9.17, 15) is 4.79 Å². The van der Waals surface area contributed by atoms with E-state index < -0.39 is 0 Å². The smallest absolute Gasteiger partial charge is 0.291 e. The molecule has 1 amide bonds. The number of carbonyl (C=O) groups is 1. The lowest BCUT2D eigenvalue weighted by Gasteiger charge is -2.09. The van der Waals surface area contributed by atoms with E-state index in [0.29, 0.717) is 18.3 Å². The van der Waals surface area contributed by atoms with Gasteiger partial charge in [-0.2, -0.15) is 4.98 Å². The van der Waals surface area contributed by atoms with Crippen molar-refractivity contribution in [1.29, 1.82) is 0 Å². The summed E-state index contributed by atoms with van der Waals surface area (Å²) in [5.41, 5.74) is 1.66. The first-order valence-corrected chi connectivity index (χ1v) is 7.72. The SMILES string of the molecule is CCCOc1ncccc1CNC(=O)c1nc2nccc(C)n2n1. The van der Waals surface area contributed by atoms with Crippen molar-refractivity contribution in [3.05, 3.63) is 47.7 Å². The Morgan fingerprint density at radius 2 is 2.17 bits per heavy atom. The van der Waals surface area contributed by atoms with E-state index in [1.54, 1.807) is 24.5 Å². The molecule has 0 radical (unpaired) electrons. The van der Waals surface area contributed by atoms with Gasteiger partial charge in [-0.1, -0.05) is 13.0 Å². The number of carbonyl (C=O) groups excluding carboxylic acids is 1. The predicted molar refractivity (Wildman–Crippen MR) is 86.7 cm³/mol. The quantitative estimate of drug-likeness (QED) is 0.738. The van der Waals surface area contributed by atoms with Crippen LogP contribution in [0.25, 0.3) is 5.78 Å². The van der Waals surface area contributed by atoms with Gasteiger partial charge in [0, 0.05) is 30.2 Å². The normalized spacial score (nSPS) is 10.8. The number of aromatic nitrogens is 5. The maximum absolute atomic E-state index is 12.3. The van der Waals surface area contributed by atoms with Gasteiger partial charge < -0.3 is 10.1 Å². The van der Waals surface area contributed by atoms with Gasteiger partial charge >= 0.3 is 0 Å². The fourth-order valence-corrected chi connectivity index (χ4v) is 2.14. The maximum atomic E-state index is 12.3. The van der Waals surface area contributed by atoms with E-state index in [0.717, 1.165) is 17.7 Å². The van der Waals surface area contributed by atoms with Crippen LogP contribution in [-0.2, 0) is 6.54 Å². The molecule has 0 aliphatic heterocycles. The molecule has 8 heteroatoms. The van der Waals surface area contributed by atoms with Crippen LogP contribution in [0.3, 0.4) is 0 Å². The van der Waals surface area contributed by atoms with Crippen LogP contribution in [0.5, 0.6) is 5.88 Å². The molecule has 3 rings (SSSR count). The van der Waals surface area contributed by atoms with Crippen molar-refractivity contribution in [3.8, 4) is 5.88 Å². The third kappa shape index (κ3) is 3.32. The van der Waals surface area contributed by atoms with Crippen molar-refractivity contribution in [2.45, 2.75) is 26.8 Å². The van der Waals surface area contributed by atoms with Crippen molar-refractivity contribution in [2.75, 3.05) is 6.61 Å². The Kier molecular flexibility index (Phi) is 4.64. The first-order chi connectivity index (χ1) is 11.7. The largest absolute Gasteiger partial charge is 0.477 e. The molecule has 3 aromatic rings. The van der Waals surface area contributed by atoms with E-state index in [1.807, 2.05) is 19.9 Å². The van der Waals surface area contributed by atoms with E-state index in [2.05, 4.69) is 25.4 Å². The van der Waals surface area contributed by atoms with Crippen LogP contribution in [0.2, 0.25) is 0 Å². The van der Waals surface area contributed by atoms with Crippen LogP contribution in [0, 0.1) is 6.92 Å². The first kappa shape index (κ1) is 15.9. The Labute approximate surface area is 138 Å². The molecule has 3 aromatic heterocycles. The highest BCUT2D eigenvalue weighted by Gasteiger charge is 2.15. The fraction of sp³-hybridized carbons (Fsp3) is 0.312. The van der Waals surface area contributed by atoms with E-state index >= 15 is 0 Å². The van der Waals surface area contributed by atoms with Gasteiger partial charge in [0.15, 0.2) is 0 Å². The zero-order valence-corrected chi connectivity index (χ0v) is 13.6. The Balaban J connectivity index is 1.72. The molecule has 124 valence electrons. The molecule has 0 aliphatic carbocycles. The molecule has 24 heavy (non-hydrogen) atoms. The van der Waals surface area contributed by atoms with Crippen LogP contribution >= 0.6 is 0 Å². The van der Waals surface area contributed by atoms with E-state index in [4.69, 9.17) is 4.74 Å². The second-order valence-corrected chi connectivity index (χ2v) is 5.23. The van der Waals surface area contributed by atoms with Crippen LogP contribution in [0.4, 0.5) is 0 Å². The highest BCUT2D eigenvalue weighted by Crippen LogP contribution is 2.14. The second kappa shape index (κ2) is 7.03. The lowest BCUT2D eigenvalue weighted by atomic mass is 10.2. The summed E-state index contributed by atoms with van der Waals surface area (Å²) in [6.45, 7) is 4.76. The molecule has 0 saturated heterocycles. The molecular weight excluding hydrogens is 308 g/mol. The summed E-state index contributed by atoms with van der Waals surface area (Å²) in [4.78, 5) is 24.7. The molecule has 0 spiro atoms. The number of nitrogens with zero attached hydrogens (tertiary/aromatic N) is 5. The van der Waals surface area contributed by atoms with Crippen molar-refractivity contribution in [1.82, 2.24) is 29.9 Å². The van der Waals surface area contributed by atoms with Gasteiger partial charge in [0.1, 0.15) is 0 Å². The first-order valence-electron chi connectivity index (χ1n) is 7.72. The highest BCUT2D eigenvalue weighted by molar-refractivity contribution is 5.90. The number of fused-ring (bicyclic) bond motifs is 1. The Hall–Kier alpha value is -3.03. The summed E-state index contributed by atoms with van der Waals surface area (Å²) >= 11 is 0. The van der Waals surface area contributed by atoms with Crippen molar-refractivity contribution in [2.24, 2.45) is 0 Å². The number of nitrogens with one attached hydrogen (secondary N) is 1. The lowest BCUT2D eigenvalue weighted by molar-refractivity contribution is 0.0940. The zero-order chi connectivity index (χ0) is 16.9. The van der Waals surface area contributed by atoms with Gasteiger partial charge in [-0.3, -0.25) is 4.79 Å². The van der Waals surface area contributed by atoms with Gasteiger partial charge in [0.05, 0.1) is 6.61 Å². The van der Waals surface area contributed by atoms with Crippen LogP contribution in [0.15, 0.2) is 30.6 Å². The topological polar surface area (TPSA) is 94.3 Å². The predicted octanol–water partition coefficient (Wildman–Crippen LogP) is 1.55. The molecule has 0 aromatic carbocycles. The van der Waals surface area contributed by atoms with Gasteiger partial charge in [-0.05, 0) is 25.5 Å². The highest BCUT2D eigenvalue weighted by atomic mass is 16.5.